The predicted octanol–water partition coefficient (Wildman–Crippen LogP) is 5.00. The minimum Gasteiger partial charge on any atom is -0.437 e. The van der Waals surface area contributed by atoms with Crippen molar-refractivity contribution in [1.82, 2.24) is 19.8 Å². The fourth-order valence-corrected chi connectivity index (χ4v) is 5.06. The zero-order valence-corrected chi connectivity index (χ0v) is 23.3. The zero-order valence-electron chi connectivity index (χ0n) is 21.7. The largest absolute Gasteiger partial charge is 0.437 e. The zero-order chi connectivity index (χ0) is 28.2. The molecule has 3 aromatic rings. The Balaban J connectivity index is 2.19. The Bertz CT molecular complexity index is 1450. The second-order valence-corrected chi connectivity index (χ2v) is 11.3. The summed E-state index contributed by atoms with van der Waals surface area (Å²) in [5, 5.41) is 19.1. The van der Waals surface area contributed by atoms with Gasteiger partial charge in [-0.05, 0) is 50.5 Å². The first-order chi connectivity index (χ1) is 17.8. The summed E-state index contributed by atoms with van der Waals surface area (Å²) in [5.74, 6) is -0.352. The minimum absolute atomic E-state index is 0.0517. The van der Waals surface area contributed by atoms with Crippen molar-refractivity contribution in [3.8, 4) is 17.3 Å². The topological polar surface area (TPSA) is 145 Å². The Morgan fingerprint density at radius 2 is 1.92 bits per heavy atom. The van der Waals surface area contributed by atoms with Crippen LogP contribution in [0.3, 0.4) is 0 Å². The Kier molecular flexibility index (Phi) is 9.13. The van der Waals surface area contributed by atoms with Gasteiger partial charge in [-0.15, -0.1) is 0 Å². The number of amides is 1. The number of nitro groups is 1. The van der Waals surface area contributed by atoms with Crippen LogP contribution in [0.5, 0.6) is 11.6 Å². The number of sulfonamides is 1. The second kappa shape index (κ2) is 11.9. The molecular weight excluding hydrogens is 534 g/mol. The van der Waals surface area contributed by atoms with Crippen LogP contribution >= 0.6 is 11.6 Å². The highest BCUT2D eigenvalue weighted by molar-refractivity contribution is 7.89. The summed E-state index contributed by atoms with van der Waals surface area (Å²) in [7, 11) is -4.21. The van der Waals surface area contributed by atoms with E-state index in [9.17, 15) is 23.3 Å². The maximum Gasteiger partial charge on any atom is 0.272 e. The van der Waals surface area contributed by atoms with Gasteiger partial charge in [-0.1, -0.05) is 38.4 Å². The number of aromatic nitrogens is 2. The third-order valence-corrected chi connectivity index (χ3v) is 7.46. The van der Waals surface area contributed by atoms with Crippen LogP contribution in [0.15, 0.2) is 47.4 Å². The minimum atomic E-state index is -4.21. The lowest BCUT2D eigenvalue weighted by molar-refractivity contribution is -0.385. The van der Waals surface area contributed by atoms with Crippen LogP contribution in [0.25, 0.3) is 5.69 Å². The predicted molar refractivity (Wildman–Crippen MR) is 144 cm³/mol. The smallest absolute Gasteiger partial charge is 0.272 e. The van der Waals surface area contributed by atoms with E-state index in [-0.39, 0.29) is 23.2 Å². The lowest BCUT2D eigenvalue weighted by atomic mass is 10.2. The SMILES string of the molecule is CC[C@H](C)NS(=O)(=O)c1cc([N+](=O)[O-])ccc1Oc1c(C)c(C(=O)NCC(C)C)nn1-c1cccc(Cl)c1. The number of nitrogens with zero attached hydrogens (tertiary/aromatic N) is 3. The molecule has 2 N–H and O–H groups in total. The van der Waals surface area contributed by atoms with Crippen LogP contribution in [-0.2, 0) is 10.0 Å². The third kappa shape index (κ3) is 6.69. The molecule has 0 aliphatic carbocycles. The molecule has 204 valence electrons. The highest BCUT2D eigenvalue weighted by Crippen LogP contribution is 2.36. The molecule has 0 aliphatic heterocycles. The Morgan fingerprint density at radius 1 is 1.21 bits per heavy atom. The number of hydrogen-bond acceptors (Lipinski definition) is 7. The molecule has 0 spiro atoms. The van der Waals surface area contributed by atoms with Crippen LogP contribution < -0.4 is 14.8 Å². The molecule has 3 rings (SSSR count). The first-order valence-electron chi connectivity index (χ1n) is 12.0. The molecule has 0 radical (unpaired) electrons. The summed E-state index contributed by atoms with van der Waals surface area (Å²) in [5.41, 5.74) is 0.450. The average Bonchev–Trinajstić information content (AvgIpc) is 3.18. The van der Waals surface area contributed by atoms with Crippen molar-refractivity contribution in [3.63, 3.8) is 0 Å². The molecule has 0 saturated heterocycles. The molecule has 0 fully saturated rings. The van der Waals surface area contributed by atoms with E-state index in [0.717, 1.165) is 12.1 Å². The highest BCUT2D eigenvalue weighted by Gasteiger charge is 2.28. The number of non-ortho nitro benzene ring substituents is 1. The van der Waals surface area contributed by atoms with E-state index in [1.54, 1.807) is 45.0 Å². The van der Waals surface area contributed by atoms with Gasteiger partial charge in [-0.2, -0.15) is 9.78 Å². The van der Waals surface area contributed by atoms with Gasteiger partial charge in [-0.25, -0.2) is 13.1 Å². The van der Waals surface area contributed by atoms with Gasteiger partial charge in [0.1, 0.15) is 10.6 Å². The van der Waals surface area contributed by atoms with E-state index in [1.165, 1.54) is 10.7 Å². The lowest BCUT2D eigenvalue weighted by Gasteiger charge is -2.16. The van der Waals surface area contributed by atoms with Crippen LogP contribution in [-0.4, -0.2) is 41.6 Å². The quantitative estimate of drug-likeness (QED) is 0.246. The Morgan fingerprint density at radius 3 is 2.53 bits per heavy atom. The normalized spacial score (nSPS) is 12.4. The van der Waals surface area contributed by atoms with Gasteiger partial charge < -0.3 is 10.1 Å². The average molecular weight is 564 g/mol. The van der Waals surface area contributed by atoms with Crippen molar-refractivity contribution in [2.24, 2.45) is 5.92 Å². The van der Waals surface area contributed by atoms with Crippen molar-refractivity contribution >= 4 is 33.2 Å². The molecule has 38 heavy (non-hydrogen) atoms. The van der Waals surface area contributed by atoms with E-state index in [1.807, 2.05) is 13.8 Å². The van der Waals surface area contributed by atoms with Crippen LogP contribution in [0.1, 0.15) is 50.2 Å². The van der Waals surface area contributed by atoms with E-state index in [0.29, 0.717) is 29.2 Å². The number of nitrogens with one attached hydrogen (secondary N) is 2. The Labute approximate surface area is 226 Å². The summed E-state index contributed by atoms with van der Waals surface area (Å²) in [6.45, 7) is 9.42. The maximum absolute atomic E-state index is 13.2. The van der Waals surface area contributed by atoms with Crippen molar-refractivity contribution in [1.29, 1.82) is 0 Å². The van der Waals surface area contributed by atoms with E-state index in [4.69, 9.17) is 16.3 Å². The van der Waals surface area contributed by atoms with Gasteiger partial charge in [0.2, 0.25) is 15.9 Å². The molecule has 0 saturated carbocycles. The van der Waals surface area contributed by atoms with Gasteiger partial charge in [0, 0.05) is 35.3 Å². The fraction of sp³-hybridized carbons (Fsp3) is 0.360. The molecule has 13 heteroatoms. The number of rotatable bonds is 11. The first-order valence-corrected chi connectivity index (χ1v) is 13.8. The van der Waals surface area contributed by atoms with Gasteiger partial charge in [-0.3, -0.25) is 14.9 Å². The molecule has 0 aliphatic rings. The molecule has 0 unspecified atom stereocenters. The summed E-state index contributed by atoms with van der Waals surface area (Å²) >= 11 is 6.18. The van der Waals surface area contributed by atoms with Crippen LogP contribution in [0, 0.1) is 23.0 Å². The number of carbonyl (C=O) groups excluding carboxylic acids is 1. The lowest BCUT2D eigenvalue weighted by Crippen LogP contribution is -2.32. The monoisotopic (exact) mass is 563 g/mol. The van der Waals surface area contributed by atoms with E-state index >= 15 is 0 Å². The van der Waals surface area contributed by atoms with Gasteiger partial charge in [0.25, 0.3) is 11.6 Å². The summed E-state index contributed by atoms with van der Waals surface area (Å²) < 4.78 is 36.4. The number of benzene rings is 2. The molecule has 0 bridgehead atoms. The number of halogens is 1. The van der Waals surface area contributed by atoms with Crippen LogP contribution in [0.2, 0.25) is 5.02 Å². The number of hydrogen-bond donors (Lipinski definition) is 2. The molecule has 1 aromatic heterocycles. The van der Waals surface area contributed by atoms with Crippen molar-refractivity contribution in [2.75, 3.05) is 6.54 Å². The number of ether oxygens (including phenoxy) is 1. The maximum atomic E-state index is 13.2. The molecule has 1 atom stereocenters. The second-order valence-electron chi connectivity index (χ2n) is 9.20. The van der Waals surface area contributed by atoms with Crippen molar-refractivity contribution in [3.05, 3.63) is 68.9 Å². The summed E-state index contributed by atoms with van der Waals surface area (Å²) in [4.78, 5) is 23.2. The van der Waals surface area contributed by atoms with E-state index < -0.39 is 37.5 Å². The van der Waals surface area contributed by atoms with Crippen molar-refractivity contribution in [2.45, 2.75) is 52.0 Å². The van der Waals surface area contributed by atoms with Gasteiger partial charge in [0.15, 0.2) is 5.69 Å². The third-order valence-electron chi connectivity index (χ3n) is 5.61. The fourth-order valence-electron chi connectivity index (χ4n) is 3.40. The van der Waals surface area contributed by atoms with E-state index in [2.05, 4.69) is 15.1 Å². The standard InChI is InChI=1S/C25H30ClN5O6S/c1-6-16(4)29-38(35,36)22-13-20(31(33)34)10-11-21(22)37-25-17(5)23(24(32)27-14-15(2)3)28-30(25)19-9-7-8-18(26)12-19/h7-13,15-16,29H,6,14H2,1-5H3,(H,27,32)/t16-/m0/s1. The summed E-state index contributed by atoms with van der Waals surface area (Å²) in [6, 6.07) is 9.51. The molecule has 2 aromatic carbocycles. The molecular formula is C25H30ClN5O6S. The van der Waals surface area contributed by atoms with Gasteiger partial charge >= 0.3 is 0 Å². The summed E-state index contributed by atoms with van der Waals surface area (Å²) in [6.07, 6.45) is 0.500. The van der Waals surface area contributed by atoms with Gasteiger partial charge in [0.05, 0.1) is 10.6 Å². The van der Waals surface area contributed by atoms with Crippen molar-refractivity contribution < 1.29 is 22.9 Å². The van der Waals surface area contributed by atoms with Crippen LogP contribution in [0.4, 0.5) is 5.69 Å². The molecule has 1 amide bonds. The highest BCUT2D eigenvalue weighted by atomic mass is 35.5. The number of carbonyl (C=O) groups is 1. The molecule has 1 heterocycles. The Hall–Kier alpha value is -3.48. The number of nitro benzene ring substituents is 1. The first kappa shape index (κ1) is 29.1. The molecule has 11 nitrogen and oxygen atoms in total.